The van der Waals surface area contributed by atoms with E-state index in [2.05, 4.69) is 0 Å². The number of rotatable bonds is 10. The van der Waals surface area contributed by atoms with Crippen molar-refractivity contribution in [1.82, 2.24) is 8.87 Å². The van der Waals surface area contributed by atoms with Crippen LogP contribution >= 0.6 is 0 Å². The highest BCUT2D eigenvalue weighted by Crippen LogP contribution is 2.30. The molecule has 9 nitrogen and oxygen atoms in total. The van der Waals surface area contributed by atoms with Gasteiger partial charge in [-0.05, 0) is 57.9 Å². The number of benzene rings is 1. The van der Waals surface area contributed by atoms with Crippen molar-refractivity contribution < 1.29 is 32.2 Å². The standard InChI is InChI=1S/C24H32N2O7S/c1-16-12-20(18(3)26(16)17(2)14-31-4)21(27)15-33-24(28)19-8-9-22(32-5)23(13-19)34(29,30)25-10-6-7-11-25/h8-9,12-13,17H,6-7,10-11,14-15H2,1-5H3. The van der Waals surface area contributed by atoms with Crippen LogP contribution < -0.4 is 4.74 Å². The van der Waals surface area contributed by atoms with Crippen molar-refractivity contribution in [3.8, 4) is 5.75 Å². The van der Waals surface area contributed by atoms with Crippen LogP contribution in [0.3, 0.4) is 0 Å². The van der Waals surface area contributed by atoms with Crippen LogP contribution in [0.4, 0.5) is 0 Å². The SMILES string of the molecule is COCC(C)n1c(C)cc(C(=O)COC(=O)c2ccc(OC)c(S(=O)(=O)N3CCCC3)c2)c1C. The third-order valence-corrected chi connectivity index (χ3v) is 7.97. The van der Waals surface area contributed by atoms with Crippen LogP contribution in [-0.2, 0) is 19.5 Å². The van der Waals surface area contributed by atoms with Gasteiger partial charge in [-0.2, -0.15) is 4.31 Å². The number of esters is 1. The Morgan fingerprint density at radius 2 is 1.76 bits per heavy atom. The maximum atomic E-state index is 13.0. The molecular weight excluding hydrogens is 460 g/mol. The van der Waals surface area contributed by atoms with Crippen molar-refractivity contribution in [3.05, 3.63) is 46.8 Å². The summed E-state index contributed by atoms with van der Waals surface area (Å²) in [5.41, 5.74) is 2.18. The molecule has 1 aliphatic heterocycles. The summed E-state index contributed by atoms with van der Waals surface area (Å²) >= 11 is 0. The van der Waals surface area contributed by atoms with Crippen LogP contribution in [-0.4, -0.2) is 69.6 Å². The van der Waals surface area contributed by atoms with Crippen LogP contribution in [0.15, 0.2) is 29.2 Å². The molecule has 2 aromatic rings. The molecule has 0 bridgehead atoms. The molecular formula is C24H32N2O7S. The number of aryl methyl sites for hydroxylation is 1. The third kappa shape index (κ3) is 5.18. The molecule has 0 aliphatic carbocycles. The second-order valence-corrected chi connectivity index (χ2v) is 10.3. The lowest BCUT2D eigenvalue weighted by atomic mass is 10.1. The molecule has 1 aromatic heterocycles. The van der Waals surface area contributed by atoms with E-state index < -0.39 is 22.6 Å². The van der Waals surface area contributed by atoms with Crippen molar-refractivity contribution in [2.45, 2.75) is 44.6 Å². The van der Waals surface area contributed by atoms with Crippen LogP contribution in [0.25, 0.3) is 0 Å². The molecule has 3 rings (SSSR count). The summed E-state index contributed by atoms with van der Waals surface area (Å²) in [5.74, 6) is -0.969. The number of hydrogen-bond acceptors (Lipinski definition) is 7. The maximum Gasteiger partial charge on any atom is 0.338 e. The number of sulfonamides is 1. The van der Waals surface area contributed by atoms with Crippen molar-refractivity contribution >= 4 is 21.8 Å². The molecule has 10 heteroatoms. The van der Waals surface area contributed by atoms with Gasteiger partial charge in [-0.25, -0.2) is 13.2 Å². The first-order valence-electron chi connectivity index (χ1n) is 11.2. The molecule has 2 heterocycles. The van der Waals surface area contributed by atoms with E-state index in [9.17, 15) is 18.0 Å². The van der Waals surface area contributed by atoms with Crippen LogP contribution in [0, 0.1) is 13.8 Å². The van der Waals surface area contributed by atoms with Gasteiger partial charge in [-0.15, -0.1) is 0 Å². The van der Waals surface area contributed by atoms with E-state index in [1.54, 1.807) is 13.2 Å². The van der Waals surface area contributed by atoms with Crippen molar-refractivity contribution in [1.29, 1.82) is 0 Å². The molecule has 0 N–H and O–H groups in total. The van der Waals surface area contributed by atoms with E-state index in [0.717, 1.165) is 24.2 Å². The first-order valence-corrected chi connectivity index (χ1v) is 12.6. The van der Waals surface area contributed by atoms with Crippen molar-refractivity contribution in [2.75, 3.05) is 40.5 Å². The molecule has 1 atom stereocenters. The van der Waals surface area contributed by atoms with Gasteiger partial charge in [0.25, 0.3) is 0 Å². The first kappa shape index (κ1) is 25.9. The smallest absolute Gasteiger partial charge is 0.338 e. The van der Waals surface area contributed by atoms with Gasteiger partial charge in [0.2, 0.25) is 15.8 Å². The maximum absolute atomic E-state index is 13.0. The summed E-state index contributed by atoms with van der Waals surface area (Å²) in [4.78, 5) is 25.4. The molecule has 1 fully saturated rings. The van der Waals surface area contributed by atoms with E-state index in [-0.39, 0.29) is 28.0 Å². The lowest BCUT2D eigenvalue weighted by Crippen LogP contribution is -2.28. The zero-order valence-corrected chi connectivity index (χ0v) is 21.1. The number of ketones is 1. The molecule has 0 spiro atoms. The van der Waals surface area contributed by atoms with Gasteiger partial charge in [0.1, 0.15) is 10.6 Å². The molecule has 1 aromatic carbocycles. The minimum absolute atomic E-state index is 0.0329. The summed E-state index contributed by atoms with van der Waals surface area (Å²) in [6.07, 6.45) is 1.58. The highest BCUT2D eigenvalue weighted by molar-refractivity contribution is 7.89. The second-order valence-electron chi connectivity index (χ2n) is 8.44. The fourth-order valence-electron chi connectivity index (χ4n) is 4.42. The molecule has 0 saturated carbocycles. The summed E-state index contributed by atoms with van der Waals surface area (Å²) in [5, 5.41) is 0. The lowest BCUT2D eigenvalue weighted by molar-refractivity contribution is 0.0474. The minimum Gasteiger partial charge on any atom is -0.495 e. The Hall–Kier alpha value is -2.69. The highest BCUT2D eigenvalue weighted by atomic mass is 32.2. The number of nitrogens with zero attached hydrogens (tertiary/aromatic N) is 2. The van der Waals surface area contributed by atoms with Gasteiger partial charge in [-0.1, -0.05) is 0 Å². The number of methoxy groups -OCH3 is 2. The predicted molar refractivity (Wildman–Crippen MR) is 126 cm³/mol. The predicted octanol–water partition coefficient (Wildman–Crippen LogP) is 3.15. The topological polar surface area (TPSA) is 104 Å². The molecule has 0 amide bonds. The average molecular weight is 493 g/mol. The summed E-state index contributed by atoms with van der Waals surface area (Å²) < 4.78 is 45.2. The summed E-state index contributed by atoms with van der Waals surface area (Å²) in [6.45, 7) is 6.64. The number of hydrogen-bond donors (Lipinski definition) is 0. The van der Waals surface area contributed by atoms with Crippen LogP contribution in [0.1, 0.15) is 57.9 Å². The average Bonchev–Trinajstić information content (AvgIpc) is 3.45. The molecule has 0 radical (unpaired) electrons. The van der Waals surface area contributed by atoms with Gasteiger partial charge in [-0.3, -0.25) is 4.79 Å². The number of ether oxygens (including phenoxy) is 3. The fraction of sp³-hybridized carbons (Fsp3) is 0.500. The second kappa shape index (κ2) is 10.7. The third-order valence-electron chi connectivity index (χ3n) is 6.05. The van der Waals surface area contributed by atoms with Crippen LogP contribution in [0.2, 0.25) is 0 Å². The quantitative estimate of drug-likeness (QED) is 0.371. The van der Waals surface area contributed by atoms with E-state index in [1.165, 1.54) is 29.6 Å². The number of aromatic nitrogens is 1. The molecule has 1 unspecified atom stereocenters. The largest absolute Gasteiger partial charge is 0.495 e. The van der Waals surface area contributed by atoms with Gasteiger partial charge in [0, 0.05) is 37.2 Å². The van der Waals surface area contributed by atoms with E-state index in [0.29, 0.717) is 25.3 Å². The Morgan fingerprint density at radius 3 is 2.38 bits per heavy atom. The zero-order valence-electron chi connectivity index (χ0n) is 20.3. The van der Waals surface area contributed by atoms with E-state index in [1.807, 2.05) is 25.3 Å². The number of carbonyl (C=O) groups excluding carboxylic acids is 2. The van der Waals surface area contributed by atoms with Gasteiger partial charge in [0.15, 0.2) is 6.61 Å². The molecule has 1 saturated heterocycles. The Labute approximate surface area is 200 Å². The number of carbonyl (C=O) groups is 2. The monoisotopic (exact) mass is 492 g/mol. The van der Waals surface area contributed by atoms with Gasteiger partial charge < -0.3 is 18.8 Å². The summed E-state index contributed by atoms with van der Waals surface area (Å²) in [7, 11) is -0.816. The normalized spacial score (nSPS) is 15.3. The van der Waals surface area contributed by atoms with E-state index >= 15 is 0 Å². The van der Waals surface area contributed by atoms with Crippen molar-refractivity contribution in [2.24, 2.45) is 0 Å². The minimum atomic E-state index is -3.81. The number of Topliss-reactive ketones (excluding diaryl/α,β-unsaturated/α-hetero) is 1. The Morgan fingerprint density at radius 1 is 1.09 bits per heavy atom. The molecule has 34 heavy (non-hydrogen) atoms. The Kier molecular flexibility index (Phi) is 8.17. The van der Waals surface area contributed by atoms with Crippen molar-refractivity contribution in [3.63, 3.8) is 0 Å². The zero-order chi connectivity index (χ0) is 25.0. The highest BCUT2D eigenvalue weighted by Gasteiger charge is 2.31. The molecule has 186 valence electrons. The van der Waals surface area contributed by atoms with Gasteiger partial charge >= 0.3 is 5.97 Å². The Balaban J connectivity index is 1.77. The Bertz CT molecular complexity index is 1160. The molecule has 1 aliphatic rings. The fourth-order valence-corrected chi connectivity index (χ4v) is 6.12. The van der Waals surface area contributed by atoms with Gasteiger partial charge in [0.05, 0.1) is 25.3 Å². The summed E-state index contributed by atoms with van der Waals surface area (Å²) in [6, 6.07) is 5.91. The van der Waals surface area contributed by atoms with E-state index in [4.69, 9.17) is 14.2 Å². The van der Waals surface area contributed by atoms with Crippen LogP contribution in [0.5, 0.6) is 5.75 Å². The lowest BCUT2D eigenvalue weighted by Gasteiger charge is -2.18. The first-order chi connectivity index (χ1) is 16.1.